The molecule has 2 unspecified atom stereocenters. The molecule has 19 heteroatoms. The van der Waals surface area contributed by atoms with Crippen molar-refractivity contribution in [3.05, 3.63) is 0 Å². The summed E-state index contributed by atoms with van der Waals surface area (Å²) in [6.07, 6.45) is 48.7. The first-order valence-corrected chi connectivity index (χ1v) is 39.1. The number of aliphatic hydroxyl groups excluding tert-OH is 1. The van der Waals surface area contributed by atoms with Crippen molar-refractivity contribution in [2.75, 3.05) is 39.6 Å². The second-order valence-corrected chi connectivity index (χ2v) is 28.3. The van der Waals surface area contributed by atoms with Gasteiger partial charge >= 0.3 is 39.5 Å². The predicted octanol–water partition coefficient (Wildman–Crippen LogP) is 19.7. The fraction of sp³-hybridized carbons (Fsp3) is 0.942. The van der Waals surface area contributed by atoms with Crippen LogP contribution in [0.4, 0.5) is 0 Å². The highest BCUT2D eigenvalue weighted by atomic mass is 31.2. The van der Waals surface area contributed by atoms with Crippen molar-refractivity contribution in [3.63, 3.8) is 0 Å². The molecule has 5 atom stereocenters. The molecule has 0 aromatic heterocycles. The molecule has 0 fully saturated rings. The smallest absolute Gasteiger partial charge is 0.462 e. The number of carbonyl (C=O) groups is 4. The van der Waals surface area contributed by atoms with E-state index in [4.69, 9.17) is 37.0 Å². The number of hydrogen-bond acceptors (Lipinski definition) is 15. The molecule has 88 heavy (non-hydrogen) atoms. The molecule has 0 aromatic rings. The first-order valence-electron chi connectivity index (χ1n) is 36.1. The number of esters is 4. The van der Waals surface area contributed by atoms with Gasteiger partial charge in [-0.3, -0.25) is 37.3 Å². The van der Waals surface area contributed by atoms with Crippen LogP contribution in [0.5, 0.6) is 0 Å². The van der Waals surface area contributed by atoms with Crippen molar-refractivity contribution in [2.45, 2.75) is 374 Å². The van der Waals surface area contributed by atoms with Crippen LogP contribution in [0.2, 0.25) is 0 Å². The molecular weight excluding hydrogens is 1160 g/mol. The molecule has 0 aromatic carbocycles. The number of hydrogen-bond donors (Lipinski definition) is 3. The van der Waals surface area contributed by atoms with E-state index in [2.05, 4.69) is 34.6 Å². The summed E-state index contributed by atoms with van der Waals surface area (Å²) < 4.78 is 68.1. The van der Waals surface area contributed by atoms with Crippen molar-refractivity contribution in [3.8, 4) is 0 Å². The number of phosphoric ester groups is 2. The minimum atomic E-state index is -4.95. The maximum atomic E-state index is 13.0. The molecule has 522 valence electrons. The molecule has 0 saturated heterocycles. The molecule has 0 spiro atoms. The Morgan fingerprint density at radius 1 is 0.307 bits per heavy atom. The maximum Gasteiger partial charge on any atom is 0.472 e. The Labute approximate surface area is 537 Å². The Bertz CT molecular complexity index is 1700. The van der Waals surface area contributed by atoms with Crippen molar-refractivity contribution >= 4 is 39.5 Å². The molecule has 17 nitrogen and oxygen atoms in total. The SMILES string of the molecule is CCCCCCCCCCCCCCCCCCC(=O)OC[C@H](COP(=O)(O)OC[C@@H](O)COP(=O)(O)OC[C@@H](COC(=O)CCCCCCCCCC)OC(=O)CCCCCCCCCC)OC(=O)CCCCCCCCCCCCCCCC(C)C. The van der Waals surface area contributed by atoms with E-state index in [1.807, 2.05) is 0 Å². The van der Waals surface area contributed by atoms with Gasteiger partial charge in [-0.2, -0.15) is 0 Å². The van der Waals surface area contributed by atoms with Crippen molar-refractivity contribution < 1.29 is 80.2 Å². The van der Waals surface area contributed by atoms with Gasteiger partial charge in [-0.15, -0.1) is 0 Å². The summed E-state index contributed by atoms with van der Waals surface area (Å²) in [5.41, 5.74) is 0. The largest absolute Gasteiger partial charge is 0.472 e. The highest BCUT2D eigenvalue weighted by Gasteiger charge is 2.30. The highest BCUT2D eigenvalue weighted by Crippen LogP contribution is 2.45. The van der Waals surface area contributed by atoms with E-state index < -0.39 is 97.5 Å². The topological polar surface area (TPSA) is 237 Å². The minimum Gasteiger partial charge on any atom is -0.462 e. The summed E-state index contributed by atoms with van der Waals surface area (Å²) in [6, 6.07) is 0. The number of phosphoric acid groups is 2. The summed E-state index contributed by atoms with van der Waals surface area (Å²) >= 11 is 0. The van der Waals surface area contributed by atoms with E-state index in [1.54, 1.807) is 0 Å². The van der Waals surface area contributed by atoms with Crippen molar-refractivity contribution in [1.29, 1.82) is 0 Å². The molecule has 0 radical (unpaired) electrons. The van der Waals surface area contributed by atoms with Gasteiger partial charge in [0.25, 0.3) is 0 Å². The predicted molar refractivity (Wildman–Crippen MR) is 354 cm³/mol. The molecule has 0 aliphatic carbocycles. The Morgan fingerprint density at radius 3 is 0.773 bits per heavy atom. The zero-order chi connectivity index (χ0) is 64.9. The summed E-state index contributed by atoms with van der Waals surface area (Å²) in [5, 5.41) is 10.6. The average molecular weight is 1300 g/mol. The molecular formula is C69H134O17P2. The van der Waals surface area contributed by atoms with Gasteiger partial charge in [0.2, 0.25) is 0 Å². The van der Waals surface area contributed by atoms with Crippen LogP contribution in [0.15, 0.2) is 0 Å². The molecule has 0 amide bonds. The Morgan fingerprint density at radius 2 is 0.523 bits per heavy atom. The van der Waals surface area contributed by atoms with E-state index in [1.165, 1.54) is 167 Å². The fourth-order valence-electron chi connectivity index (χ4n) is 10.5. The van der Waals surface area contributed by atoms with Crippen LogP contribution in [-0.2, 0) is 65.4 Å². The van der Waals surface area contributed by atoms with Crippen LogP contribution in [-0.4, -0.2) is 96.7 Å². The third-order valence-corrected chi connectivity index (χ3v) is 17.9. The number of carbonyl (C=O) groups excluding carboxylic acids is 4. The Kier molecular flexibility index (Phi) is 61.1. The Balaban J connectivity index is 5.18. The van der Waals surface area contributed by atoms with Crippen molar-refractivity contribution in [1.82, 2.24) is 0 Å². The average Bonchev–Trinajstić information content (AvgIpc) is 3.68. The lowest BCUT2D eigenvalue weighted by Crippen LogP contribution is -2.30. The minimum absolute atomic E-state index is 0.105. The molecule has 0 heterocycles. The number of rotatable bonds is 69. The van der Waals surface area contributed by atoms with Crippen LogP contribution in [0.3, 0.4) is 0 Å². The van der Waals surface area contributed by atoms with Gasteiger partial charge in [-0.25, -0.2) is 9.13 Å². The molecule has 0 aliphatic heterocycles. The van der Waals surface area contributed by atoms with Gasteiger partial charge in [0, 0.05) is 25.7 Å². The van der Waals surface area contributed by atoms with Gasteiger partial charge in [0.15, 0.2) is 12.2 Å². The monoisotopic (exact) mass is 1300 g/mol. The lowest BCUT2D eigenvalue weighted by atomic mass is 10.0. The highest BCUT2D eigenvalue weighted by molar-refractivity contribution is 7.47. The summed E-state index contributed by atoms with van der Waals surface area (Å²) in [7, 11) is -9.89. The lowest BCUT2D eigenvalue weighted by molar-refractivity contribution is -0.161. The van der Waals surface area contributed by atoms with Crippen LogP contribution in [0.1, 0.15) is 356 Å². The van der Waals surface area contributed by atoms with Gasteiger partial charge in [0.1, 0.15) is 19.3 Å². The van der Waals surface area contributed by atoms with E-state index in [0.29, 0.717) is 25.7 Å². The van der Waals surface area contributed by atoms with E-state index in [-0.39, 0.29) is 25.7 Å². The first-order chi connectivity index (χ1) is 42.5. The van der Waals surface area contributed by atoms with Gasteiger partial charge in [0.05, 0.1) is 26.4 Å². The fourth-order valence-corrected chi connectivity index (χ4v) is 12.0. The molecule has 0 rings (SSSR count). The second kappa shape index (κ2) is 62.5. The van der Waals surface area contributed by atoms with Crippen LogP contribution in [0, 0.1) is 5.92 Å². The zero-order valence-electron chi connectivity index (χ0n) is 56.9. The third-order valence-electron chi connectivity index (χ3n) is 16.0. The summed E-state index contributed by atoms with van der Waals surface area (Å²) in [4.78, 5) is 72.3. The summed E-state index contributed by atoms with van der Waals surface area (Å²) in [5.74, 6) is -1.34. The van der Waals surface area contributed by atoms with Crippen LogP contribution >= 0.6 is 15.6 Å². The normalized spacial score (nSPS) is 14.1. The Hall–Kier alpha value is -1.94. The second-order valence-electron chi connectivity index (χ2n) is 25.4. The standard InChI is InChI=1S/C69H134O17P2/c1-6-9-12-15-18-21-22-23-24-25-28-31-34-39-43-48-53-67(72)80-59-65(86-69(74)55-50-45-40-35-32-29-26-27-30-33-36-41-46-51-62(4)5)61-84-88(77,78)82-57-63(70)56-81-87(75,76)83-60-64(85-68(73)54-49-44-38-20-17-14-11-8-3)58-79-66(71)52-47-42-37-19-16-13-10-7-2/h62-65,70H,6-61H2,1-5H3,(H,75,76)(H,77,78)/t63-,64+,65+/m0/s1. The van der Waals surface area contributed by atoms with Crippen molar-refractivity contribution in [2.24, 2.45) is 5.92 Å². The first kappa shape index (κ1) is 86.1. The molecule has 0 saturated carbocycles. The maximum absolute atomic E-state index is 13.0. The van der Waals surface area contributed by atoms with Gasteiger partial charge in [-0.1, -0.05) is 304 Å². The zero-order valence-corrected chi connectivity index (χ0v) is 58.6. The number of ether oxygens (including phenoxy) is 4. The molecule has 0 bridgehead atoms. The third kappa shape index (κ3) is 62.8. The van der Waals surface area contributed by atoms with Crippen LogP contribution < -0.4 is 0 Å². The van der Waals surface area contributed by atoms with Crippen LogP contribution in [0.25, 0.3) is 0 Å². The van der Waals surface area contributed by atoms with Gasteiger partial charge in [-0.05, 0) is 31.6 Å². The number of aliphatic hydroxyl groups is 1. The van der Waals surface area contributed by atoms with E-state index in [9.17, 15) is 43.2 Å². The molecule has 0 aliphatic rings. The van der Waals surface area contributed by atoms with E-state index >= 15 is 0 Å². The lowest BCUT2D eigenvalue weighted by Gasteiger charge is -2.21. The quantitative estimate of drug-likeness (QED) is 0.0222. The molecule has 3 N–H and O–H groups in total. The summed E-state index contributed by atoms with van der Waals surface area (Å²) in [6.45, 7) is 7.20. The van der Waals surface area contributed by atoms with E-state index in [0.717, 1.165) is 109 Å². The number of unbranched alkanes of at least 4 members (excludes halogenated alkanes) is 41. The van der Waals surface area contributed by atoms with Gasteiger partial charge < -0.3 is 33.8 Å².